The lowest BCUT2D eigenvalue weighted by Crippen LogP contribution is -2.36. The van der Waals surface area contributed by atoms with Crippen molar-refractivity contribution in [3.63, 3.8) is 0 Å². The summed E-state index contributed by atoms with van der Waals surface area (Å²) >= 11 is 1.43. The maximum atomic E-state index is 13.9. The van der Waals surface area contributed by atoms with E-state index >= 15 is 0 Å². The van der Waals surface area contributed by atoms with Crippen LogP contribution in [0, 0.1) is 5.82 Å². The second kappa shape index (κ2) is 8.99. The van der Waals surface area contributed by atoms with Crippen LogP contribution in [0.2, 0.25) is 0 Å². The van der Waals surface area contributed by atoms with Gasteiger partial charge in [-0.2, -0.15) is 0 Å². The summed E-state index contributed by atoms with van der Waals surface area (Å²) < 4.78 is 19.1. The number of amides is 1. The molecule has 0 aromatic heterocycles. The zero-order chi connectivity index (χ0) is 20.2. The topological polar surface area (TPSA) is 46.6 Å². The molecule has 0 aliphatic heterocycles. The summed E-state index contributed by atoms with van der Waals surface area (Å²) in [6.07, 6.45) is 5.24. The van der Waals surface area contributed by atoms with Gasteiger partial charge < -0.3 is 9.64 Å². The van der Waals surface area contributed by atoms with E-state index in [4.69, 9.17) is 4.74 Å². The van der Waals surface area contributed by atoms with Crippen molar-refractivity contribution in [2.75, 3.05) is 12.4 Å². The molecule has 0 spiro atoms. The highest BCUT2D eigenvalue weighted by molar-refractivity contribution is 8.00. The summed E-state index contributed by atoms with van der Waals surface area (Å²) in [5.41, 5.74) is 3.25. The first-order valence-electron chi connectivity index (χ1n) is 10.0. The van der Waals surface area contributed by atoms with Crippen LogP contribution in [0.3, 0.4) is 0 Å². The number of thioether (sulfide) groups is 1. The quantitative estimate of drug-likeness (QED) is 0.482. The van der Waals surface area contributed by atoms with Gasteiger partial charge in [-0.25, -0.2) is 4.39 Å². The molecule has 1 saturated carbocycles. The lowest BCUT2D eigenvalue weighted by molar-refractivity contribution is -0.150. The number of benzene rings is 2. The Hall–Kier alpha value is -2.34. The molecular weight excluding hydrogens is 389 g/mol. The van der Waals surface area contributed by atoms with E-state index in [0.717, 1.165) is 30.6 Å². The van der Waals surface area contributed by atoms with E-state index in [2.05, 4.69) is 12.1 Å². The van der Waals surface area contributed by atoms with Crippen LogP contribution in [0.25, 0.3) is 0 Å². The maximum Gasteiger partial charge on any atom is 0.316 e. The second-order valence-corrected chi connectivity index (χ2v) is 8.63. The van der Waals surface area contributed by atoms with E-state index in [-0.39, 0.29) is 36.7 Å². The van der Waals surface area contributed by atoms with Gasteiger partial charge in [0.25, 0.3) is 5.91 Å². The van der Waals surface area contributed by atoms with Crippen molar-refractivity contribution in [2.24, 2.45) is 0 Å². The maximum absolute atomic E-state index is 13.9. The number of esters is 1. The molecule has 0 unspecified atom stereocenters. The molecule has 152 valence electrons. The Labute approximate surface area is 174 Å². The van der Waals surface area contributed by atoms with Crippen molar-refractivity contribution >= 4 is 23.6 Å². The number of rotatable bonds is 8. The van der Waals surface area contributed by atoms with Gasteiger partial charge >= 0.3 is 5.97 Å². The molecular formula is C23H24FNO3S. The third kappa shape index (κ3) is 5.18. The molecule has 1 amide bonds. The van der Waals surface area contributed by atoms with E-state index in [1.165, 1.54) is 35.4 Å². The molecule has 0 N–H and O–H groups in total. The first-order valence-corrected chi connectivity index (χ1v) is 11.0. The van der Waals surface area contributed by atoms with Crippen molar-refractivity contribution in [3.8, 4) is 0 Å². The summed E-state index contributed by atoms with van der Waals surface area (Å²) in [5.74, 6) is -0.839. The van der Waals surface area contributed by atoms with Crippen LogP contribution in [-0.4, -0.2) is 35.2 Å². The van der Waals surface area contributed by atoms with Crippen molar-refractivity contribution in [3.05, 3.63) is 65.0 Å². The number of aryl methyl sites for hydroxylation is 2. The molecule has 2 aromatic rings. The predicted molar refractivity (Wildman–Crippen MR) is 110 cm³/mol. The van der Waals surface area contributed by atoms with Gasteiger partial charge in [-0.3, -0.25) is 9.59 Å². The summed E-state index contributed by atoms with van der Waals surface area (Å²) in [7, 11) is 0. The molecule has 0 radical (unpaired) electrons. The van der Waals surface area contributed by atoms with Crippen molar-refractivity contribution < 1.29 is 18.7 Å². The fraction of sp³-hybridized carbons (Fsp3) is 0.391. The summed E-state index contributed by atoms with van der Waals surface area (Å²) in [5, 5.41) is 0. The van der Waals surface area contributed by atoms with Gasteiger partial charge in [-0.1, -0.05) is 24.3 Å². The molecule has 4 rings (SSSR count). The molecule has 2 aromatic carbocycles. The molecule has 0 saturated heterocycles. The van der Waals surface area contributed by atoms with Crippen LogP contribution < -0.4 is 0 Å². The van der Waals surface area contributed by atoms with Crippen LogP contribution >= 0.6 is 11.8 Å². The zero-order valence-corrected chi connectivity index (χ0v) is 17.1. The van der Waals surface area contributed by atoms with Crippen LogP contribution in [0.5, 0.6) is 0 Å². The lowest BCUT2D eigenvalue weighted by Gasteiger charge is -2.22. The number of carbonyl (C=O) groups excluding carboxylic acids is 2. The van der Waals surface area contributed by atoms with E-state index < -0.39 is 5.97 Å². The highest BCUT2D eigenvalue weighted by Crippen LogP contribution is 2.29. The number of carbonyl (C=O) groups is 2. The fourth-order valence-corrected chi connectivity index (χ4v) is 4.42. The number of halogens is 1. The van der Waals surface area contributed by atoms with Gasteiger partial charge in [0.05, 0.1) is 5.75 Å². The third-order valence-electron chi connectivity index (χ3n) is 5.39. The van der Waals surface area contributed by atoms with E-state index in [0.29, 0.717) is 5.56 Å². The minimum Gasteiger partial charge on any atom is -0.455 e. The Balaban J connectivity index is 1.26. The highest BCUT2D eigenvalue weighted by atomic mass is 32.2. The Morgan fingerprint density at radius 3 is 2.69 bits per heavy atom. The Kier molecular flexibility index (Phi) is 6.19. The zero-order valence-electron chi connectivity index (χ0n) is 16.2. The van der Waals surface area contributed by atoms with Crippen molar-refractivity contribution in [1.82, 2.24) is 4.90 Å². The fourth-order valence-electron chi connectivity index (χ4n) is 3.66. The SMILES string of the molecule is O=C(CSc1ccc2c(c1)CCC2)OCC(=O)N(Cc1ccccc1F)C1CC1. The number of ether oxygens (including phenoxy) is 1. The number of hydrogen-bond acceptors (Lipinski definition) is 4. The van der Waals surface area contributed by atoms with Gasteiger partial charge in [0, 0.05) is 23.0 Å². The molecule has 6 heteroatoms. The molecule has 4 nitrogen and oxygen atoms in total. The van der Waals surface area contributed by atoms with Crippen LogP contribution in [-0.2, 0) is 33.7 Å². The monoisotopic (exact) mass is 413 g/mol. The molecule has 2 aliphatic rings. The Morgan fingerprint density at radius 1 is 1.10 bits per heavy atom. The second-order valence-electron chi connectivity index (χ2n) is 7.58. The van der Waals surface area contributed by atoms with E-state index in [9.17, 15) is 14.0 Å². The lowest BCUT2D eigenvalue weighted by atomic mass is 10.1. The van der Waals surface area contributed by atoms with Gasteiger partial charge in [0.2, 0.25) is 0 Å². The summed E-state index contributed by atoms with van der Waals surface area (Å²) in [4.78, 5) is 27.3. The van der Waals surface area contributed by atoms with Gasteiger partial charge in [0.15, 0.2) is 6.61 Å². The summed E-state index contributed by atoms with van der Waals surface area (Å²) in [6.45, 7) is -0.0911. The molecule has 0 heterocycles. The minimum absolute atomic E-state index is 0.113. The van der Waals surface area contributed by atoms with Crippen molar-refractivity contribution in [2.45, 2.75) is 49.6 Å². The largest absolute Gasteiger partial charge is 0.455 e. The number of hydrogen-bond donors (Lipinski definition) is 0. The van der Waals surface area contributed by atoms with E-state index in [1.807, 2.05) is 6.07 Å². The summed E-state index contributed by atoms with van der Waals surface area (Å²) in [6, 6.07) is 12.9. The standard InChI is InChI=1S/C23H24FNO3S/c24-21-7-2-1-4-18(21)13-25(19-9-10-19)22(26)14-28-23(27)15-29-20-11-8-16-5-3-6-17(16)12-20/h1-2,4,7-8,11-12,19H,3,5-6,9-10,13-15H2. The number of nitrogens with zero attached hydrogens (tertiary/aromatic N) is 1. The van der Waals surface area contributed by atoms with E-state index in [1.54, 1.807) is 23.1 Å². The molecule has 29 heavy (non-hydrogen) atoms. The first-order chi connectivity index (χ1) is 14.1. The Bertz CT molecular complexity index is 913. The molecule has 1 fully saturated rings. The predicted octanol–water partition coefficient (Wildman–Crippen LogP) is 4.14. The van der Waals surface area contributed by atoms with Crippen LogP contribution in [0.1, 0.15) is 36.0 Å². The molecule has 0 atom stereocenters. The normalized spacial score (nSPS) is 15.1. The van der Waals surface area contributed by atoms with Crippen LogP contribution in [0.15, 0.2) is 47.4 Å². The average molecular weight is 414 g/mol. The molecule has 2 aliphatic carbocycles. The van der Waals surface area contributed by atoms with Crippen LogP contribution in [0.4, 0.5) is 4.39 Å². The Morgan fingerprint density at radius 2 is 1.90 bits per heavy atom. The van der Waals surface area contributed by atoms with Gasteiger partial charge in [-0.15, -0.1) is 11.8 Å². The third-order valence-corrected chi connectivity index (χ3v) is 6.36. The smallest absolute Gasteiger partial charge is 0.316 e. The molecule has 0 bridgehead atoms. The minimum atomic E-state index is -0.412. The van der Waals surface area contributed by atoms with Crippen molar-refractivity contribution in [1.29, 1.82) is 0 Å². The average Bonchev–Trinajstić information content (AvgIpc) is 3.46. The highest BCUT2D eigenvalue weighted by Gasteiger charge is 2.33. The first kappa shape index (κ1) is 20.0. The van der Waals surface area contributed by atoms with Gasteiger partial charge in [-0.05, 0) is 61.4 Å². The number of fused-ring (bicyclic) bond motifs is 1. The van der Waals surface area contributed by atoms with Gasteiger partial charge in [0.1, 0.15) is 5.82 Å².